The minimum atomic E-state index is -0.271. The molecule has 2 amide bonds. The summed E-state index contributed by atoms with van der Waals surface area (Å²) in [5.74, 6) is -0.498. The smallest absolute Gasteiger partial charge is 0.255 e. The minimum absolute atomic E-state index is 0.0687. The molecule has 1 aliphatic heterocycles. The van der Waals surface area contributed by atoms with Gasteiger partial charge in [0, 0.05) is 25.8 Å². The van der Waals surface area contributed by atoms with Gasteiger partial charge in [-0.15, -0.1) is 0 Å². The van der Waals surface area contributed by atoms with Crippen molar-refractivity contribution < 1.29 is 19.1 Å². The molecule has 2 aromatic rings. The van der Waals surface area contributed by atoms with E-state index in [1.165, 1.54) is 0 Å². The monoisotopic (exact) mass is 368 g/mol. The Labute approximate surface area is 158 Å². The second-order valence-electron chi connectivity index (χ2n) is 6.48. The molecule has 6 nitrogen and oxygen atoms in total. The van der Waals surface area contributed by atoms with E-state index in [0.29, 0.717) is 30.0 Å². The van der Waals surface area contributed by atoms with E-state index in [1.54, 1.807) is 43.5 Å². The quantitative estimate of drug-likeness (QED) is 0.788. The summed E-state index contributed by atoms with van der Waals surface area (Å²) in [6, 6.07) is 14.2. The number of ether oxygens (including phenoxy) is 2. The van der Waals surface area contributed by atoms with Crippen LogP contribution in [0, 0.1) is 0 Å². The maximum absolute atomic E-state index is 12.6. The third-order valence-corrected chi connectivity index (χ3v) is 4.43. The molecular formula is C21H24N2O4. The molecule has 27 heavy (non-hydrogen) atoms. The van der Waals surface area contributed by atoms with Crippen LogP contribution in [0.1, 0.15) is 39.1 Å². The molecule has 1 saturated heterocycles. The lowest BCUT2D eigenvalue weighted by Gasteiger charge is -2.14. The van der Waals surface area contributed by atoms with Gasteiger partial charge in [0.15, 0.2) is 0 Å². The summed E-state index contributed by atoms with van der Waals surface area (Å²) >= 11 is 0. The molecule has 2 aromatic carbocycles. The average molecular weight is 368 g/mol. The first-order valence-corrected chi connectivity index (χ1v) is 9.05. The largest absolute Gasteiger partial charge is 0.380 e. The normalized spacial score (nSPS) is 16.1. The number of methoxy groups -OCH3 is 1. The predicted molar refractivity (Wildman–Crippen MR) is 103 cm³/mol. The molecule has 1 unspecified atom stereocenters. The van der Waals surface area contributed by atoms with E-state index in [1.807, 2.05) is 12.1 Å². The molecule has 6 heteroatoms. The van der Waals surface area contributed by atoms with Gasteiger partial charge in [-0.1, -0.05) is 24.3 Å². The van der Waals surface area contributed by atoms with Crippen molar-refractivity contribution >= 4 is 17.5 Å². The summed E-state index contributed by atoms with van der Waals surface area (Å²) in [6.07, 6.45) is 2.05. The van der Waals surface area contributed by atoms with Crippen molar-refractivity contribution in [3.8, 4) is 0 Å². The van der Waals surface area contributed by atoms with Gasteiger partial charge in [0.05, 0.1) is 24.0 Å². The zero-order chi connectivity index (χ0) is 19.1. The fraction of sp³-hybridized carbons (Fsp3) is 0.333. The molecule has 0 aromatic heterocycles. The fourth-order valence-electron chi connectivity index (χ4n) is 3.06. The summed E-state index contributed by atoms with van der Waals surface area (Å²) in [6.45, 7) is 1.65. The van der Waals surface area contributed by atoms with Gasteiger partial charge in [-0.25, -0.2) is 0 Å². The Bertz CT molecular complexity index is 800. The lowest BCUT2D eigenvalue weighted by atomic mass is 10.1. The highest BCUT2D eigenvalue weighted by Crippen LogP contribution is 2.18. The summed E-state index contributed by atoms with van der Waals surface area (Å²) in [5, 5.41) is 5.72. The van der Waals surface area contributed by atoms with Crippen molar-refractivity contribution in [2.45, 2.75) is 25.6 Å². The maximum Gasteiger partial charge on any atom is 0.255 e. The highest BCUT2D eigenvalue weighted by Gasteiger charge is 2.18. The van der Waals surface area contributed by atoms with E-state index >= 15 is 0 Å². The van der Waals surface area contributed by atoms with Gasteiger partial charge in [0.1, 0.15) is 0 Å². The highest BCUT2D eigenvalue weighted by atomic mass is 16.5. The molecule has 2 N–H and O–H groups in total. The highest BCUT2D eigenvalue weighted by molar-refractivity contribution is 6.09. The van der Waals surface area contributed by atoms with Crippen LogP contribution in [0.4, 0.5) is 5.69 Å². The van der Waals surface area contributed by atoms with Crippen LogP contribution in [0.3, 0.4) is 0 Å². The number of hydrogen-bond acceptors (Lipinski definition) is 4. The van der Waals surface area contributed by atoms with Crippen LogP contribution in [0.5, 0.6) is 0 Å². The Morgan fingerprint density at radius 1 is 1.15 bits per heavy atom. The Morgan fingerprint density at radius 2 is 2.00 bits per heavy atom. The standard InChI is InChI=1S/C21H24N2O4/c1-26-14-15-6-4-7-16(12-15)20(24)23-19-10-3-2-9-18(19)21(25)22-13-17-8-5-11-27-17/h2-4,6-7,9-10,12,17H,5,8,11,13-14H2,1H3,(H,22,25)(H,23,24). The van der Waals surface area contributed by atoms with Gasteiger partial charge >= 0.3 is 0 Å². The van der Waals surface area contributed by atoms with Crippen molar-refractivity contribution in [2.24, 2.45) is 0 Å². The topological polar surface area (TPSA) is 76.7 Å². The maximum atomic E-state index is 12.6. The zero-order valence-electron chi connectivity index (χ0n) is 15.4. The average Bonchev–Trinajstić information content (AvgIpc) is 3.21. The first-order valence-electron chi connectivity index (χ1n) is 9.05. The Hall–Kier alpha value is -2.70. The zero-order valence-corrected chi connectivity index (χ0v) is 15.4. The van der Waals surface area contributed by atoms with Crippen LogP contribution >= 0.6 is 0 Å². The number of hydrogen-bond donors (Lipinski definition) is 2. The molecule has 1 fully saturated rings. The van der Waals surface area contributed by atoms with Gasteiger partial charge in [-0.2, -0.15) is 0 Å². The SMILES string of the molecule is COCc1cccc(C(=O)Nc2ccccc2C(=O)NCC2CCCO2)c1. The van der Waals surface area contributed by atoms with E-state index < -0.39 is 0 Å². The third-order valence-electron chi connectivity index (χ3n) is 4.43. The first-order chi connectivity index (χ1) is 13.2. The van der Waals surface area contributed by atoms with Gasteiger partial charge in [-0.05, 0) is 42.7 Å². The van der Waals surface area contributed by atoms with Crippen LogP contribution in [-0.4, -0.2) is 38.2 Å². The van der Waals surface area contributed by atoms with Crippen LogP contribution < -0.4 is 10.6 Å². The van der Waals surface area contributed by atoms with Crippen molar-refractivity contribution in [3.63, 3.8) is 0 Å². The van der Waals surface area contributed by atoms with E-state index in [-0.39, 0.29) is 17.9 Å². The number of carbonyl (C=O) groups excluding carboxylic acids is 2. The number of benzene rings is 2. The van der Waals surface area contributed by atoms with Crippen LogP contribution in [0.2, 0.25) is 0 Å². The van der Waals surface area contributed by atoms with E-state index in [0.717, 1.165) is 25.0 Å². The summed E-state index contributed by atoms with van der Waals surface area (Å²) in [4.78, 5) is 25.2. The molecule has 0 aliphatic carbocycles. The molecule has 142 valence electrons. The second-order valence-corrected chi connectivity index (χ2v) is 6.48. The molecule has 3 rings (SSSR count). The summed E-state index contributed by atoms with van der Waals surface area (Å²) in [5.41, 5.74) is 2.33. The molecular weight excluding hydrogens is 344 g/mol. The number of nitrogens with one attached hydrogen (secondary N) is 2. The van der Waals surface area contributed by atoms with Crippen molar-refractivity contribution in [1.82, 2.24) is 5.32 Å². The van der Waals surface area contributed by atoms with Gasteiger partial charge in [0.25, 0.3) is 11.8 Å². The minimum Gasteiger partial charge on any atom is -0.380 e. The Balaban J connectivity index is 1.68. The molecule has 0 saturated carbocycles. The van der Waals surface area contributed by atoms with Crippen LogP contribution in [0.15, 0.2) is 48.5 Å². The van der Waals surface area contributed by atoms with E-state index in [4.69, 9.17) is 9.47 Å². The number of para-hydroxylation sites is 1. The molecule has 1 heterocycles. The van der Waals surface area contributed by atoms with Gasteiger partial charge in [-0.3, -0.25) is 9.59 Å². The molecule has 0 spiro atoms. The Kier molecular flexibility index (Phi) is 6.57. The number of anilines is 1. The summed E-state index contributed by atoms with van der Waals surface area (Å²) in [7, 11) is 1.61. The number of carbonyl (C=O) groups is 2. The first kappa shape index (κ1) is 19.1. The van der Waals surface area contributed by atoms with Crippen LogP contribution in [0.25, 0.3) is 0 Å². The second kappa shape index (κ2) is 9.30. The predicted octanol–water partition coefficient (Wildman–Crippen LogP) is 2.99. The van der Waals surface area contributed by atoms with Gasteiger partial charge < -0.3 is 20.1 Å². The number of rotatable bonds is 7. The fourth-order valence-corrected chi connectivity index (χ4v) is 3.06. The van der Waals surface area contributed by atoms with Gasteiger partial charge in [0.2, 0.25) is 0 Å². The molecule has 1 atom stereocenters. The van der Waals surface area contributed by atoms with E-state index in [9.17, 15) is 9.59 Å². The van der Waals surface area contributed by atoms with Crippen LogP contribution in [-0.2, 0) is 16.1 Å². The third kappa shape index (κ3) is 5.15. The van der Waals surface area contributed by atoms with Crippen molar-refractivity contribution in [3.05, 3.63) is 65.2 Å². The Morgan fingerprint density at radius 3 is 2.78 bits per heavy atom. The lowest BCUT2D eigenvalue weighted by molar-refractivity contribution is 0.0858. The summed E-state index contributed by atoms with van der Waals surface area (Å²) < 4.78 is 10.6. The molecule has 0 radical (unpaired) electrons. The number of amides is 2. The van der Waals surface area contributed by atoms with E-state index in [2.05, 4.69) is 10.6 Å². The van der Waals surface area contributed by atoms with Crippen molar-refractivity contribution in [1.29, 1.82) is 0 Å². The van der Waals surface area contributed by atoms with Crippen molar-refractivity contribution in [2.75, 3.05) is 25.6 Å². The molecule has 1 aliphatic rings. The lowest BCUT2D eigenvalue weighted by Crippen LogP contribution is -2.32. The molecule has 0 bridgehead atoms.